The summed E-state index contributed by atoms with van der Waals surface area (Å²) in [7, 11) is 0. The molecule has 0 saturated carbocycles. The Hall–Kier alpha value is -0.350. The lowest BCUT2D eigenvalue weighted by Crippen LogP contribution is -2.48. The molecular formula is C15H23Cl2FN2. The molecule has 20 heavy (non-hydrogen) atoms. The number of hydrogen-bond acceptors (Lipinski definition) is 2. The van der Waals surface area contributed by atoms with Gasteiger partial charge in [0.25, 0.3) is 0 Å². The summed E-state index contributed by atoms with van der Waals surface area (Å²) in [4.78, 5) is 2.43. The minimum atomic E-state index is -0.330. The lowest BCUT2D eigenvalue weighted by molar-refractivity contribution is 0.0860. The van der Waals surface area contributed by atoms with Gasteiger partial charge in [0, 0.05) is 32.2 Å². The molecule has 5 heteroatoms. The van der Waals surface area contributed by atoms with E-state index < -0.39 is 0 Å². The average Bonchev–Trinajstić information content (AvgIpc) is 2.34. The van der Waals surface area contributed by atoms with Crippen LogP contribution in [0.25, 0.3) is 0 Å². The quantitative estimate of drug-likeness (QED) is 0.889. The van der Waals surface area contributed by atoms with Crippen molar-refractivity contribution in [3.8, 4) is 0 Å². The third-order valence-corrected chi connectivity index (χ3v) is 3.90. The van der Waals surface area contributed by atoms with E-state index in [2.05, 4.69) is 31.0 Å². The minimum absolute atomic E-state index is 0. The van der Waals surface area contributed by atoms with Gasteiger partial charge in [-0.2, -0.15) is 0 Å². The first-order chi connectivity index (χ1) is 8.89. The Labute approximate surface area is 132 Å². The van der Waals surface area contributed by atoms with Crippen molar-refractivity contribution in [3.05, 3.63) is 34.6 Å². The fourth-order valence-electron chi connectivity index (χ4n) is 2.88. The highest BCUT2D eigenvalue weighted by atomic mass is 35.5. The van der Waals surface area contributed by atoms with Crippen LogP contribution in [0.2, 0.25) is 5.02 Å². The van der Waals surface area contributed by atoms with E-state index in [-0.39, 0.29) is 34.7 Å². The molecule has 0 unspecified atom stereocenters. The van der Waals surface area contributed by atoms with E-state index in [1.807, 2.05) is 6.07 Å². The molecule has 0 radical (unpaired) electrons. The van der Waals surface area contributed by atoms with E-state index in [1.54, 1.807) is 12.1 Å². The molecule has 1 heterocycles. The van der Waals surface area contributed by atoms with Crippen molar-refractivity contribution in [3.63, 3.8) is 0 Å². The highest BCUT2D eigenvalue weighted by Crippen LogP contribution is 2.38. The predicted molar refractivity (Wildman–Crippen MR) is 85.3 cm³/mol. The lowest BCUT2D eigenvalue weighted by atomic mass is 9.81. The van der Waals surface area contributed by atoms with Gasteiger partial charge in [0.1, 0.15) is 5.82 Å². The maximum absolute atomic E-state index is 13.7. The van der Waals surface area contributed by atoms with E-state index in [1.165, 1.54) is 0 Å². The minimum Gasteiger partial charge on any atom is -0.314 e. The van der Waals surface area contributed by atoms with Crippen LogP contribution in [0.15, 0.2) is 18.2 Å². The first kappa shape index (κ1) is 17.7. The van der Waals surface area contributed by atoms with Gasteiger partial charge in [-0.25, -0.2) is 4.39 Å². The predicted octanol–water partition coefficient (Wildman–Crippen LogP) is 3.89. The van der Waals surface area contributed by atoms with Crippen LogP contribution in [0.4, 0.5) is 4.39 Å². The zero-order valence-electron chi connectivity index (χ0n) is 12.2. The summed E-state index contributed by atoms with van der Waals surface area (Å²) in [5.41, 5.74) is 1.06. The summed E-state index contributed by atoms with van der Waals surface area (Å²) in [5, 5.41) is 3.55. The van der Waals surface area contributed by atoms with Gasteiger partial charge in [0.05, 0.1) is 5.02 Å². The molecule has 1 fully saturated rings. The molecule has 0 amide bonds. The van der Waals surface area contributed by atoms with Crippen molar-refractivity contribution in [2.75, 3.05) is 26.2 Å². The van der Waals surface area contributed by atoms with E-state index in [4.69, 9.17) is 11.6 Å². The van der Waals surface area contributed by atoms with Gasteiger partial charge in [0.2, 0.25) is 0 Å². The zero-order chi connectivity index (χ0) is 14.0. The van der Waals surface area contributed by atoms with Crippen LogP contribution >= 0.6 is 24.0 Å². The number of nitrogens with zero attached hydrogens (tertiary/aromatic N) is 1. The van der Waals surface area contributed by atoms with Crippen LogP contribution < -0.4 is 5.32 Å². The standard InChI is InChI=1S/C15H22ClFN2.ClH/c1-15(2,3)14(19-8-6-18-7-9-19)11-4-5-12(16)13(17)10-11;/h4-5,10,14,18H,6-9H2,1-3H3;1H/t14-;/m1./s1. The van der Waals surface area contributed by atoms with Crippen molar-refractivity contribution < 1.29 is 4.39 Å². The molecule has 1 aromatic carbocycles. The Bertz CT molecular complexity index is 440. The monoisotopic (exact) mass is 320 g/mol. The first-order valence-corrected chi connectivity index (χ1v) is 7.17. The molecule has 1 aliphatic heterocycles. The topological polar surface area (TPSA) is 15.3 Å². The highest BCUT2D eigenvalue weighted by molar-refractivity contribution is 6.30. The maximum atomic E-state index is 13.7. The Kier molecular flexibility index (Phi) is 6.26. The summed E-state index contributed by atoms with van der Waals surface area (Å²) in [5.74, 6) is -0.330. The third kappa shape index (κ3) is 4.08. The number of piperazine rings is 1. The second-order valence-electron chi connectivity index (χ2n) is 6.23. The molecule has 1 saturated heterocycles. The van der Waals surface area contributed by atoms with Gasteiger partial charge < -0.3 is 5.32 Å². The first-order valence-electron chi connectivity index (χ1n) is 6.79. The van der Waals surface area contributed by atoms with Crippen LogP contribution in [0.1, 0.15) is 32.4 Å². The molecule has 0 spiro atoms. The van der Waals surface area contributed by atoms with Crippen molar-refractivity contribution in [1.29, 1.82) is 0 Å². The smallest absolute Gasteiger partial charge is 0.142 e. The van der Waals surface area contributed by atoms with Gasteiger partial charge in [-0.05, 0) is 23.1 Å². The number of halogens is 3. The summed E-state index contributed by atoms with van der Waals surface area (Å²) >= 11 is 5.79. The molecule has 1 aromatic rings. The van der Waals surface area contributed by atoms with Gasteiger partial charge in [-0.3, -0.25) is 4.90 Å². The highest BCUT2D eigenvalue weighted by Gasteiger charge is 2.32. The van der Waals surface area contributed by atoms with Crippen LogP contribution in [0, 0.1) is 11.2 Å². The fraction of sp³-hybridized carbons (Fsp3) is 0.600. The summed E-state index contributed by atoms with van der Waals surface area (Å²) in [6, 6.07) is 5.40. The molecule has 2 rings (SSSR count). The van der Waals surface area contributed by atoms with Crippen molar-refractivity contribution >= 4 is 24.0 Å². The number of benzene rings is 1. The molecule has 1 atom stereocenters. The fourth-order valence-corrected chi connectivity index (χ4v) is 3.00. The molecule has 1 N–H and O–H groups in total. The maximum Gasteiger partial charge on any atom is 0.142 e. The van der Waals surface area contributed by atoms with Crippen molar-refractivity contribution in [2.45, 2.75) is 26.8 Å². The Morgan fingerprint density at radius 3 is 2.35 bits per heavy atom. The average molecular weight is 321 g/mol. The van der Waals surface area contributed by atoms with Gasteiger partial charge in [0.15, 0.2) is 0 Å². The van der Waals surface area contributed by atoms with E-state index in [0.29, 0.717) is 0 Å². The van der Waals surface area contributed by atoms with Crippen LogP contribution in [-0.2, 0) is 0 Å². The van der Waals surface area contributed by atoms with Gasteiger partial charge >= 0.3 is 0 Å². The summed E-state index contributed by atoms with van der Waals surface area (Å²) < 4.78 is 13.7. The Morgan fingerprint density at radius 2 is 1.85 bits per heavy atom. The summed E-state index contributed by atoms with van der Waals surface area (Å²) in [6.45, 7) is 10.6. The third-order valence-electron chi connectivity index (χ3n) is 3.60. The molecule has 0 aliphatic carbocycles. The Balaban J connectivity index is 0.00000200. The molecule has 2 nitrogen and oxygen atoms in total. The second-order valence-corrected chi connectivity index (χ2v) is 6.64. The number of rotatable bonds is 2. The van der Waals surface area contributed by atoms with Crippen molar-refractivity contribution in [1.82, 2.24) is 10.2 Å². The SMILES string of the molecule is CC(C)(C)[C@@H](c1ccc(Cl)c(F)c1)N1CCNCC1.Cl. The molecule has 1 aliphatic rings. The van der Waals surface area contributed by atoms with Crippen LogP contribution in [0.3, 0.4) is 0 Å². The van der Waals surface area contributed by atoms with Crippen molar-refractivity contribution in [2.24, 2.45) is 5.41 Å². The number of hydrogen-bond donors (Lipinski definition) is 1. The lowest BCUT2D eigenvalue weighted by Gasteiger charge is -2.42. The van der Waals surface area contributed by atoms with Crippen LogP contribution in [0.5, 0.6) is 0 Å². The number of nitrogens with one attached hydrogen (secondary N) is 1. The van der Waals surface area contributed by atoms with Gasteiger partial charge in [-0.15, -0.1) is 12.4 Å². The van der Waals surface area contributed by atoms with E-state index in [9.17, 15) is 4.39 Å². The van der Waals surface area contributed by atoms with Gasteiger partial charge in [-0.1, -0.05) is 38.4 Å². The normalized spacial score (nSPS) is 18.4. The largest absolute Gasteiger partial charge is 0.314 e. The van der Waals surface area contributed by atoms with E-state index >= 15 is 0 Å². The Morgan fingerprint density at radius 1 is 1.25 bits per heavy atom. The van der Waals surface area contributed by atoms with Crippen LogP contribution in [-0.4, -0.2) is 31.1 Å². The molecule has 114 valence electrons. The zero-order valence-corrected chi connectivity index (χ0v) is 13.8. The second kappa shape index (κ2) is 7.08. The molecular weight excluding hydrogens is 298 g/mol. The molecule has 0 bridgehead atoms. The van der Waals surface area contributed by atoms with E-state index in [0.717, 1.165) is 31.7 Å². The molecule has 0 aromatic heterocycles. The summed E-state index contributed by atoms with van der Waals surface area (Å²) in [6.07, 6.45) is 0.